The summed E-state index contributed by atoms with van der Waals surface area (Å²) in [6.07, 6.45) is -4.56. The summed E-state index contributed by atoms with van der Waals surface area (Å²) in [5.41, 5.74) is -2.60. The molecule has 3 N–H and O–H groups in total. The van der Waals surface area contributed by atoms with Crippen molar-refractivity contribution in [3.63, 3.8) is 0 Å². The summed E-state index contributed by atoms with van der Waals surface area (Å²) in [5, 5.41) is 14.2. The number of aliphatic hydroxyl groups is 1. The van der Waals surface area contributed by atoms with Gasteiger partial charge in [0.1, 0.15) is 5.60 Å². The summed E-state index contributed by atoms with van der Waals surface area (Å²) in [7, 11) is 1.38. The van der Waals surface area contributed by atoms with Gasteiger partial charge in [-0.1, -0.05) is 12.1 Å². The molecular weight excluding hydrogens is 289 g/mol. The highest BCUT2D eigenvalue weighted by atomic mass is 19.4. The molecule has 0 spiro atoms. The summed E-state index contributed by atoms with van der Waals surface area (Å²) in [6.45, 7) is 1.24. The van der Waals surface area contributed by atoms with Crippen molar-refractivity contribution < 1.29 is 27.8 Å². The number of para-hydroxylation sites is 1. The molecule has 1 aromatic rings. The molecule has 0 aromatic heterocycles. The van der Waals surface area contributed by atoms with E-state index in [2.05, 4.69) is 10.6 Å². The second-order valence-corrected chi connectivity index (χ2v) is 4.78. The average molecular weight is 306 g/mol. The molecule has 0 aliphatic rings. The lowest BCUT2D eigenvalue weighted by molar-refractivity contribution is -0.136. The first-order valence-electron chi connectivity index (χ1n) is 6.08. The van der Waals surface area contributed by atoms with Gasteiger partial charge in [-0.3, -0.25) is 0 Å². The first-order chi connectivity index (χ1) is 9.65. The van der Waals surface area contributed by atoms with Crippen LogP contribution in [0.15, 0.2) is 24.3 Å². The van der Waals surface area contributed by atoms with Gasteiger partial charge in [0.25, 0.3) is 0 Å². The highest BCUT2D eigenvalue weighted by Crippen LogP contribution is 2.34. The predicted molar refractivity (Wildman–Crippen MR) is 71.0 cm³/mol. The number of nitrogens with one attached hydrogen (secondary N) is 2. The van der Waals surface area contributed by atoms with Crippen LogP contribution in [0.3, 0.4) is 0 Å². The maximum Gasteiger partial charge on any atom is 0.418 e. The van der Waals surface area contributed by atoms with Gasteiger partial charge < -0.3 is 20.5 Å². The molecule has 0 saturated heterocycles. The molecule has 1 aromatic carbocycles. The van der Waals surface area contributed by atoms with Crippen LogP contribution in [-0.2, 0) is 10.9 Å². The normalized spacial score (nSPS) is 14.4. The largest absolute Gasteiger partial charge is 0.418 e. The lowest BCUT2D eigenvalue weighted by Crippen LogP contribution is -2.45. The van der Waals surface area contributed by atoms with E-state index in [1.807, 2.05) is 0 Å². The lowest BCUT2D eigenvalue weighted by Gasteiger charge is -2.22. The number of methoxy groups -OCH3 is 1. The maximum absolute atomic E-state index is 12.7. The number of amides is 2. The molecular formula is C13H17F3N2O3. The number of anilines is 1. The van der Waals surface area contributed by atoms with Gasteiger partial charge in [-0.2, -0.15) is 13.2 Å². The number of urea groups is 1. The Balaban J connectivity index is 2.68. The molecule has 0 heterocycles. The molecule has 0 fully saturated rings. The Morgan fingerprint density at radius 2 is 1.95 bits per heavy atom. The second-order valence-electron chi connectivity index (χ2n) is 4.78. The van der Waals surface area contributed by atoms with E-state index in [0.29, 0.717) is 0 Å². The molecule has 8 heteroatoms. The minimum Gasteiger partial charge on any atom is -0.386 e. The van der Waals surface area contributed by atoms with Gasteiger partial charge in [-0.05, 0) is 19.1 Å². The van der Waals surface area contributed by atoms with Crippen molar-refractivity contribution in [2.45, 2.75) is 18.7 Å². The van der Waals surface area contributed by atoms with E-state index < -0.39 is 23.4 Å². The quantitative estimate of drug-likeness (QED) is 0.781. The van der Waals surface area contributed by atoms with E-state index in [-0.39, 0.29) is 18.8 Å². The molecule has 21 heavy (non-hydrogen) atoms. The van der Waals surface area contributed by atoms with Crippen LogP contribution < -0.4 is 10.6 Å². The smallest absolute Gasteiger partial charge is 0.386 e. The summed E-state index contributed by atoms with van der Waals surface area (Å²) in [6, 6.07) is 3.79. The molecule has 1 rings (SSSR count). The van der Waals surface area contributed by atoms with E-state index >= 15 is 0 Å². The number of halogens is 3. The van der Waals surface area contributed by atoms with Crippen LogP contribution >= 0.6 is 0 Å². The average Bonchev–Trinajstić information content (AvgIpc) is 2.36. The Hall–Kier alpha value is -1.80. The van der Waals surface area contributed by atoms with Crippen molar-refractivity contribution >= 4 is 11.7 Å². The topological polar surface area (TPSA) is 70.6 Å². The zero-order valence-corrected chi connectivity index (χ0v) is 11.6. The van der Waals surface area contributed by atoms with Gasteiger partial charge in [0.15, 0.2) is 0 Å². The van der Waals surface area contributed by atoms with Gasteiger partial charge in [-0.25, -0.2) is 4.79 Å². The Bertz CT molecular complexity index is 490. The van der Waals surface area contributed by atoms with Crippen LogP contribution in [0.2, 0.25) is 0 Å². The van der Waals surface area contributed by atoms with E-state index in [1.165, 1.54) is 26.2 Å². The van der Waals surface area contributed by atoms with Crippen molar-refractivity contribution in [3.05, 3.63) is 29.8 Å². The van der Waals surface area contributed by atoms with Gasteiger partial charge >= 0.3 is 12.2 Å². The third-order valence-electron chi connectivity index (χ3n) is 2.57. The van der Waals surface area contributed by atoms with E-state index in [0.717, 1.165) is 12.1 Å². The van der Waals surface area contributed by atoms with Crippen LogP contribution in [0, 0.1) is 0 Å². The summed E-state index contributed by atoms with van der Waals surface area (Å²) >= 11 is 0. The van der Waals surface area contributed by atoms with Crippen LogP contribution in [0.1, 0.15) is 12.5 Å². The maximum atomic E-state index is 12.7. The number of carbonyl (C=O) groups excluding carboxylic acids is 1. The highest BCUT2D eigenvalue weighted by Gasteiger charge is 2.33. The SMILES string of the molecule is COCC(C)(O)CNC(=O)Nc1ccccc1C(F)(F)F. The zero-order valence-electron chi connectivity index (χ0n) is 11.6. The van der Waals surface area contributed by atoms with E-state index in [9.17, 15) is 23.1 Å². The van der Waals surface area contributed by atoms with Gasteiger partial charge in [-0.15, -0.1) is 0 Å². The van der Waals surface area contributed by atoms with E-state index in [4.69, 9.17) is 4.74 Å². The van der Waals surface area contributed by atoms with Crippen LogP contribution in [0.5, 0.6) is 0 Å². The van der Waals surface area contributed by atoms with Crippen molar-refractivity contribution in [2.75, 3.05) is 25.6 Å². The minimum atomic E-state index is -4.56. The van der Waals surface area contributed by atoms with Crippen LogP contribution in [0.4, 0.5) is 23.7 Å². The van der Waals surface area contributed by atoms with Crippen molar-refractivity contribution in [1.29, 1.82) is 0 Å². The molecule has 0 bridgehead atoms. The summed E-state index contributed by atoms with van der Waals surface area (Å²) in [4.78, 5) is 11.6. The van der Waals surface area contributed by atoms with Crippen molar-refractivity contribution in [2.24, 2.45) is 0 Å². The first-order valence-corrected chi connectivity index (χ1v) is 6.08. The number of rotatable bonds is 5. The molecule has 118 valence electrons. The van der Waals surface area contributed by atoms with Crippen molar-refractivity contribution in [3.8, 4) is 0 Å². The van der Waals surface area contributed by atoms with Gasteiger partial charge in [0.2, 0.25) is 0 Å². The lowest BCUT2D eigenvalue weighted by atomic mass is 10.1. The Morgan fingerprint density at radius 3 is 2.52 bits per heavy atom. The molecule has 5 nitrogen and oxygen atoms in total. The monoisotopic (exact) mass is 306 g/mol. The summed E-state index contributed by atoms with van der Waals surface area (Å²) < 4.78 is 43.0. The number of hydrogen-bond donors (Lipinski definition) is 3. The van der Waals surface area contributed by atoms with Gasteiger partial charge in [0, 0.05) is 7.11 Å². The minimum absolute atomic E-state index is 0.0214. The van der Waals surface area contributed by atoms with Crippen LogP contribution in [-0.4, -0.2) is 37.0 Å². The third-order valence-corrected chi connectivity index (χ3v) is 2.57. The fraction of sp³-hybridized carbons (Fsp3) is 0.462. The Kier molecular flexibility index (Phi) is 5.56. The molecule has 0 aliphatic carbocycles. The number of hydrogen-bond acceptors (Lipinski definition) is 3. The Labute approximate surface area is 120 Å². The standard InChI is InChI=1S/C13H17F3N2O3/c1-12(20,8-21-2)7-17-11(19)18-10-6-4-3-5-9(10)13(14,15)16/h3-6,20H,7-8H2,1-2H3,(H2,17,18,19). The fourth-order valence-electron chi connectivity index (χ4n) is 1.64. The number of carbonyl (C=O) groups is 1. The molecule has 1 unspecified atom stereocenters. The fourth-order valence-corrected chi connectivity index (χ4v) is 1.64. The zero-order chi connectivity index (χ0) is 16.1. The van der Waals surface area contributed by atoms with Crippen molar-refractivity contribution in [1.82, 2.24) is 5.32 Å². The van der Waals surface area contributed by atoms with E-state index in [1.54, 1.807) is 0 Å². The van der Waals surface area contributed by atoms with Crippen LogP contribution in [0.25, 0.3) is 0 Å². The molecule has 0 radical (unpaired) electrons. The highest BCUT2D eigenvalue weighted by molar-refractivity contribution is 5.90. The molecule has 2 amide bonds. The molecule has 1 atom stereocenters. The van der Waals surface area contributed by atoms with Gasteiger partial charge in [0.05, 0.1) is 24.4 Å². The molecule has 0 saturated carbocycles. The predicted octanol–water partition coefficient (Wildman–Crippen LogP) is 2.22. The molecule has 0 aliphatic heterocycles. The number of benzene rings is 1. The number of ether oxygens (including phenoxy) is 1. The Morgan fingerprint density at radius 1 is 1.33 bits per heavy atom. The third kappa shape index (κ3) is 5.60. The first kappa shape index (κ1) is 17.3. The number of alkyl halides is 3. The summed E-state index contributed by atoms with van der Waals surface area (Å²) in [5.74, 6) is 0. The second kappa shape index (κ2) is 6.77.